The van der Waals surface area contributed by atoms with Crippen LogP contribution in [0.15, 0.2) is 12.2 Å². The number of phosphoric ester groups is 1. The van der Waals surface area contributed by atoms with Crippen molar-refractivity contribution in [2.75, 3.05) is 40.9 Å². The Bertz CT molecular complexity index is 1040. The molecule has 0 aromatic carbocycles. The van der Waals surface area contributed by atoms with E-state index in [9.17, 15) is 19.4 Å². The molecule has 63 heavy (non-hydrogen) atoms. The molecule has 0 aromatic rings. The predicted octanol–water partition coefficient (Wildman–Crippen LogP) is 16.3. The highest BCUT2D eigenvalue weighted by Gasteiger charge is 2.27. The highest BCUT2D eigenvalue weighted by molar-refractivity contribution is 7.47. The maximum Gasteiger partial charge on any atom is 0.472 e. The van der Waals surface area contributed by atoms with Crippen LogP contribution >= 0.6 is 7.82 Å². The van der Waals surface area contributed by atoms with Crippen LogP contribution in [0.3, 0.4) is 0 Å². The summed E-state index contributed by atoms with van der Waals surface area (Å²) in [5.41, 5.74) is 0. The van der Waals surface area contributed by atoms with Crippen molar-refractivity contribution in [1.82, 2.24) is 5.32 Å². The van der Waals surface area contributed by atoms with Crippen molar-refractivity contribution in [3.05, 3.63) is 12.2 Å². The van der Waals surface area contributed by atoms with E-state index in [0.717, 1.165) is 44.9 Å². The molecule has 0 aliphatic carbocycles. The molecule has 0 heterocycles. The van der Waals surface area contributed by atoms with E-state index < -0.39 is 20.0 Å². The van der Waals surface area contributed by atoms with E-state index in [1.165, 1.54) is 212 Å². The Morgan fingerprint density at radius 3 is 1.17 bits per heavy atom. The second-order valence-electron chi connectivity index (χ2n) is 20.3. The smallest absolute Gasteiger partial charge is 0.387 e. The van der Waals surface area contributed by atoms with Crippen LogP contribution in [0.2, 0.25) is 0 Å². The number of allylic oxidation sites excluding steroid dienone is 1. The van der Waals surface area contributed by atoms with Crippen molar-refractivity contribution in [3.63, 3.8) is 0 Å². The van der Waals surface area contributed by atoms with Crippen LogP contribution in [0.4, 0.5) is 0 Å². The highest BCUT2D eigenvalue weighted by atomic mass is 31.2. The summed E-state index contributed by atoms with van der Waals surface area (Å²) in [6.07, 6.45) is 56.8. The molecule has 0 aliphatic rings. The van der Waals surface area contributed by atoms with Gasteiger partial charge in [-0.25, -0.2) is 4.57 Å². The summed E-state index contributed by atoms with van der Waals surface area (Å²) in [4.78, 5) is 23.0. The zero-order chi connectivity index (χ0) is 46.4. The van der Waals surface area contributed by atoms with E-state index in [4.69, 9.17) is 9.05 Å². The summed E-state index contributed by atoms with van der Waals surface area (Å²) in [7, 11) is 1.58. The molecule has 1 amide bonds. The normalized spacial score (nSPS) is 14.1. The maximum absolute atomic E-state index is 12.8. The summed E-state index contributed by atoms with van der Waals surface area (Å²) < 4.78 is 23.4. The van der Waals surface area contributed by atoms with Crippen molar-refractivity contribution in [2.45, 2.75) is 289 Å². The largest absolute Gasteiger partial charge is 0.472 e. The summed E-state index contributed by atoms with van der Waals surface area (Å²) in [5, 5.41) is 13.6. The van der Waals surface area contributed by atoms with Crippen LogP contribution in [-0.4, -0.2) is 73.4 Å². The first-order chi connectivity index (χ1) is 30.5. The fraction of sp³-hybridized carbons (Fsp3) is 0.944. The Morgan fingerprint density at radius 2 is 0.841 bits per heavy atom. The van der Waals surface area contributed by atoms with Crippen molar-refractivity contribution >= 4 is 13.7 Å². The van der Waals surface area contributed by atoms with Crippen LogP contribution < -0.4 is 5.32 Å². The Labute approximate surface area is 392 Å². The molecule has 0 fully saturated rings. The molecular formula is C54H110N2O6P+. The first-order valence-corrected chi connectivity index (χ1v) is 29.1. The molecule has 0 aliphatic heterocycles. The fourth-order valence-corrected chi connectivity index (χ4v) is 9.13. The van der Waals surface area contributed by atoms with Crippen LogP contribution in [0.5, 0.6) is 0 Å². The van der Waals surface area contributed by atoms with Crippen molar-refractivity contribution in [3.8, 4) is 0 Å². The van der Waals surface area contributed by atoms with Crippen LogP contribution in [0, 0.1) is 0 Å². The minimum absolute atomic E-state index is 0.0634. The highest BCUT2D eigenvalue weighted by Crippen LogP contribution is 2.43. The van der Waals surface area contributed by atoms with E-state index >= 15 is 0 Å². The Kier molecular flexibility index (Phi) is 45.8. The summed E-state index contributed by atoms with van der Waals surface area (Å²) in [6.45, 7) is 4.73. The Hall–Kier alpha value is -0.760. The number of hydrogen-bond acceptors (Lipinski definition) is 5. The average molecular weight is 914 g/mol. The monoisotopic (exact) mass is 914 g/mol. The minimum atomic E-state index is -4.32. The molecule has 0 bridgehead atoms. The third-order valence-electron chi connectivity index (χ3n) is 12.8. The SMILES string of the molecule is CCCCC/C=C/C(O)C(COP(=O)(O)OCC[N+](C)(C)C)NC(=O)CCCCCCCCCCCCCCCCCCCCCCCCCCCCCCCCCCCCCC. The van der Waals surface area contributed by atoms with Gasteiger partial charge in [0.2, 0.25) is 5.91 Å². The lowest BCUT2D eigenvalue weighted by Crippen LogP contribution is -2.45. The molecule has 3 atom stereocenters. The van der Waals surface area contributed by atoms with Gasteiger partial charge in [0.1, 0.15) is 13.2 Å². The standard InChI is InChI=1S/C54H109N2O6P/c1-6-8-10-12-13-14-15-16-17-18-19-20-21-22-23-24-25-26-27-28-29-30-31-32-33-34-35-36-37-38-39-40-41-42-44-46-48-54(58)55-52(53(57)47-45-43-11-9-7-2)51-62-63(59,60)61-50-49-56(3,4)5/h45,47,52-53,57H,6-44,46,48-51H2,1-5H3,(H-,55,58,59,60)/p+1/b47-45+. The molecule has 0 radical (unpaired) electrons. The zero-order valence-corrected chi connectivity index (χ0v) is 43.7. The summed E-state index contributed by atoms with van der Waals surface area (Å²) in [5.74, 6) is -0.179. The summed E-state index contributed by atoms with van der Waals surface area (Å²) in [6, 6.07) is -0.838. The number of rotatable bonds is 51. The molecule has 0 spiro atoms. The van der Waals surface area contributed by atoms with Gasteiger partial charge in [-0.1, -0.05) is 264 Å². The van der Waals surface area contributed by atoms with Crippen LogP contribution in [-0.2, 0) is 18.4 Å². The second kappa shape index (κ2) is 46.4. The second-order valence-corrected chi connectivity index (χ2v) is 21.8. The molecular weight excluding hydrogens is 804 g/mol. The van der Waals surface area contributed by atoms with E-state index in [2.05, 4.69) is 19.2 Å². The van der Waals surface area contributed by atoms with E-state index in [1.807, 2.05) is 27.2 Å². The van der Waals surface area contributed by atoms with E-state index in [-0.39, 0.29) is 19.1 Å². The molecule has 376 valence electrons. The van der Waals surface area contributed by atoms with Gasteiger partial charge in [-0.15, -0.1) is 0 Å². The molecule has 0 saturated heterocycles. The van der Waals surface area contributed by atoms with Gasteiger partial charge >= 0.3 is 7.82 Å². The van der Waals surface area contributed by atoms with E-state index in [1.54, 1.807) is 6.08 Å². The quantitative estimate of drug-likeness (QED) is 0.0243. The molecule has 9 heteroatoms. The van der Waals surface area contributed by atoms with Gasteiger partial charge < -0.3 is 19.8 Å². The predicted molar refractivity (Wildman–Crippen MR) is 272 cm³/mol. The third kappa shape index (κ3) is 49.0. The molecule has 0 rings (SSSR count). The Morgan fingerprint density at radius 1 is 0.524 bits per heavy atom. The van der Waals surface area contributed by atoms with Gasteiger partial charge in [-0.2, -0.15) is 0 Å². The summed E-state index contributed by atoms with van der Waals surface area (Å²) >= 11 is 0. The zero-order valence-electron chi connectivity index (χ0n) is 42.8. The number of likely N-dealkylation sites (N-methyl/N-ethyl adjacent to an activating group) is 1. The number of phosphoric acid groups is 1. The molecule has 3 unspecified atom stereocenters. The minimum Gasteiger partial charge on any atom is -0.387 e. The number of aliphatic hydroxyl groups is 1. The number of quaternary nitrogens is 1. The first kappa shape index (κ1) is 62.2. The van der Waals surface area contributed by atoms with E-state index in [0.29, 0.717) is 17.4 Å². The number of carbonyl (C=O) groups is 1. The topological polar surface area (TPSA) is 105 Å². The van der Waals surface area contributed by atoms with Gasteiger partial charge in [0.15, 0.2) is 0 Å². The maximum atomic E-state index is 12.8. The van der Waals surface area contributed by atoms with Crippen molar-refractivity contribution in [2.24, 2.45) is 0 Å². The number of unbranched alkanes of at least 4 members (excludes halogenated alkanes) is 38. The lowest BCUT2D eigenvalue weighted by molar-refractivity contribution is -0.870. The van der Waals surface area contributed by atoms with Gasteiger partial charge in [0.05, 0.1) is 39.9 Å². The number of nitrogens with one attached hydrogen (secondary N) is 1. The van der Waals surface area contributed by atoms with Gasteiger partial charge in [0.25, 0.3) is 0 Å². The molecule has 0 saturated carbocycles. The van der Waals surface area contributed by atoms with Crippen molar-refractivity contribution < 1.29 is 32.9 Å². The molecule has 0 aromatic heterocycles. The molecule has 8 nitrogen and oxygen atoms in total. The number of carbonyl (C=O) groups excluding carboxylic acids is 1. The average Bonchev–Trinajstić information content (AvgIpc) is 3.24. The molecule has 3 N–H and O–H groups in total. The lowest BCUT2D eigenvalue weighted by atomic mass is 10.0. The number of amides is 1. The van der Waals surface area contributed by atoms with Crippen LogP contribution in [0.25, 0.3) is 0 Å². The number of nitrogens with zero attached hydrogens (tertiary/aromatic N) is 1. The fourth-order valence-electron chi connectivity index (χ4n) is 8.40. The van der Waals surface area contributed by atoms with Gasteiger partial charge in [-0.3, -0.25) is 13.8 Å². The lowest BCUT2D eigenvalue weighted by Gasteiger charge is -2.25. The van der Waals surface area contributed by atoms with Gasteiger partial charge in [0, 0.05) is 6.42 Å². The first-order valence-electron chi connectivity index (χ1n) is 27.6. The van der Waals surface area contributed by atoms with Gasteiger partial charge in [-0.05, 0) is 19.3 Å². The third-order valence-corrected chi connectivity index (χ3v) is 13.7. The van der Waals surface area contributed by atoms with Crippen molar-refractivity contribution in [1.29, 1.82) is 0 Å². The Balaban J connectivity index is 3.67. The number of hydrogen-bond donors (Lipinski definition) is 3. The number of aliphatic hydroxyl groups excluding tert-OH is 1. The van der Waals surface area contributed by atoms with Crippen LogP contribution in [0.1, 0.15) is 277 Å².